The maximum Gasteiger partial charge on any atom is 0.275 e. The van der Waals surface area contributed by atoms with Crippen molar-refractivity contribution in [2.75, 3.05) is 26.2 Å². The number of aliphatic hydroxyl groups is 1. The van der Waals surface area contributed by atoms with E-state index in [1.54, 1.807) is 16.5 Å². The van der Waals surface area contributed by atoms with Gasteiger partial charge in [-0.25, -0.2) is 0 Å². The molecule has 0 spiro atoms. The van der Waals surface area contributed by atoms with Crippen LogP contribution in [0.4, 0.5) is 0 Å². The van der Waals surface area contributed by atoms with E-state index in [0.29, 0.717) is 31.7 Å². The third-order valence-corrected chi connectivity index (χ3v) is 4.38. The molecular weight excluding hydrogens is 304 g/mol. The van der Waals surface area contributed by atoms with Crippen LogP contribution < -0.4 is 0 Å². The van der Waals surface area contributed by atoms with E-state index in [2.05, 4.69) is 14.5 Å². The number of piperazine rings is 1. The number of amides is 1. The molecule has 2 aromatic heterocycles. The Morgan fingerprint density at radius 1 is 1.50 bits per heavy atom. The van der Waals surface area contributed by atoms with Crippen LogP contribution in [0, 0.1) is 0 Å². The van der Waals surface area contributed by atoms with Crippen LogP contribution in [0.5, 0.6) is 0 Å². The fourth-order valence-electron chi connectivity index (χ4n) is 2.73. The smallest absolute Gasteiger partial charge is 0.275 e. The van der Waals surface area contributed by atoms with Crippen molar-refractivity contribution in [3.05, 3.63) is 35.2 Å². The van der Waals surface area contributed by atoms with Crippen molar-refractivity contribution in [2.24, 2.45) is 0 Å². The fraction of sp³-hybridized carbons (Fsp3) is 0.500. The van der Waals surface area contributed by atoms with Crippen molar-refractivity contribution in [1.29, 1.82) is 0 Å². The van der Waals surface area contributed by atoms with Gasteiger partial charge in [0.25, 0.3) is 5.91 Å². The molecule has 1 saturated heterocycles. The highest BCUT2D eigenvalue weighted by molar-refractivity contribution is 7.03. The minimum atomic E-state index is -0.0886. The van der Waals surface area contributed by atoms with Gasteiger partial charge in [0, 0.05) is 37.7 Å². The van der Waals surface area contributed by atoms with Crippen molar-refractivity contribution in [3.63, 3.8) is 0 Å². The highest BCUT2D eigenvalue weighted by atomic mass is 32.1. The summed E-state index contributed by atoms with van der Waals surface area (Å²) in [5.41, 5.74) is 0.396. The Kier molecular flexibility index (Phi) is 4.81. The molecule has 22 heavy (non-hydrogen) atoms. The lowest BCUT2D eigenvalue weighted by Crippen LogP contribution is -2.54. The number of hydrogen-bond acceptors (Lipinski definition) is 7. The lowest BCUT2D eigenvalue weighted by molar-refractivity contribution is 0.0369. The molecule has 2 aromatic rings. The molecule has 0 bridgehead atoms. The number of furan rings is 1. The Bertz CT molecular complexity index is 587. The second kappa shape index (κ2) is 6.99. The lowest BCUT2D eigenvalue weighted by atomic mass is 10.1. The molecule has 118 valence electrons. The fourth-order valence-corrected chi connectivity index (χ4v) is 3.16. The molecule has 1 aliphatic heterocycles. The topological polar surface area (TPSA) is 82.7 Å². The molecule has 0 radical (unpaired) electrons. The Labute approximate surface area is 132 Å². The zero-order chi connectivity index (χ0) is 15.4. The largest absolute Gasteiger partial charge is 0.468 e. The van der Waals surface area contributed by atoms with Crippen LogP contribution in [0.15, 0.2) is 28.2 Å². The maximum atomic E-state index is 12.4. The number of carbonyl (C=O) groups excluding carboxylic acids is 1. The van der Waals surface area contributed by atoms with Gasteiger partial charge < -0.3 is 14.4 Å². The predicted octanol–water partition coefficient (Wildman–Crippen LogP) is 0.840. The van der Waals surface area contributed by atoms with Gasteiger partial charge in [0.15, 0.2) is 5.69 Å². The van der Waals surface area contributed by atoms with Crippen molar-refractivity contribution < 1.29 is 14.3 Å². The van der Waals surface area contributed by atoms with E-state index in [1.165, 1.54) is 11.5 Å². The number of hydrogen-bond donors (Lipinski definition) is 1. The summed E-state index contributed by atoms with van der Waals surface area (Å²) in [5, 5.41) is 14.8. The van der Waals surface area contributed by atoms with Crippen molar-refractivity contribution in [1.82, 2.24) is 19.4 Å². The third-order valence-electron chi connectivity index (χ3n) is 3.87. The predicted molar refractivity (Wildman–Crippen MR) is 80.4 cm³/mol. The Hall–Kier alpha value is -1.77. The maximum absolute atomic E-state index is 12.4. The zero-order valence-corrected chi connectivity index (χ0v) is 12.9. The summed E-state index contributed by atoms with van der Waals surface area (Å²) < 4.78 is 9.13. The van der Waals surface area contributed by atoms with Gasteiger partial charge >= 0.3 is 0 Å². The normalized spacial score (nSPS) is 19.5. The average Bonchev–Trinajstić information content (AvgIpc) is 3.21. The number of aliphatic hydroxyl groups excluding tert-OH is 1. The van der Waals surface area contributed by atoms with Crippen LogP contribution in [0.3, 0.4) is 0 Å². The van der Waals surface area contributed by atoms with E-state index in [4.69, 9.17) is 4.42 Å². The molecule has 3 rings (SSSR count). The Morgan fingerprint density at radius 2 is 2.41 bits per heavy atom. The second-order valence-corrected chi connectivity index (χ2v) is 5.87. The molecule has 7 nitrogen and oxygen atoms in total. The summed E-state index contributed by atoms with van der Waals surface area (Å²) in [6.07, 6.45) is 2.28. The van der Waals surface area contributed by atoms with Crippen LogP contribution in [0.2, 0.25) is 0 Å². The summed E-state index contributed by atoms with van der Waals surface area (Å²) >= 11 is 1.17. The van der Waals surface area contributed by atoms with Crippen LogP contribution in [0.1, 0.15) is 22.7 Å². The van der Waals surface area contributed by atoms with E-state index in [9.17, 15) is 9.90 Å². The molecule has 0 saturated carbocycles. The molecule has 0 aromatic carbocycles. The summed E-state index contributed by atoms with van der Waals surface area (Å²) in [6, 6.07) is 3.92. The van der Waals surface area contributed by atoms with E-state index >= 15 is 0 Å². The van der Waals surface area contributed by atoms with Gasteiger partial charge in [0.05, 0.1) is 12.8 Å². The van der Waals surface area contributed by atoms with E-state index < -0.39 is 0 Å². The van der Waals surface area contributed by atoms with Crippen LogP contribution in [-0.2, 0) is 6.54 Å². The number of carbonyl (C=O) groups is 1. The molecule has 3 heterocycles. The molecule has 8 heteroatoms. The summed E-state index contributed by atoms with van der Waals surface area (Å²) in [4.78, 5) is 16.4. The third kappa shape index (κ3) is 3.34. The van der Waals surface area contributed by atoms with Gasteiger partial charge in [-0.05, 0) is 30.1 Å². The molecule has 1 N–H and O–H groups in total. The van der Waals surface area contributed by atoms with Crippen LogP contribution in [0.25, 0.3) is 0 Å². The first-order chi connectivity index (χ1) is 10.8. The number of aromatic nitrogens is 2. The van der Waals surface area contributed by atoms with E-state index in [0.717, 1.165) is 12.3 Å². The molecule has 1 fully saturated rings. The molecule has 1 unspecified atom stereocenters. The summed E-state index contributed by atoms with van der Waals surface area (Å²) in [5.74, 6) is 0.806. The Morgan fingerprint density at radius 3 is 3.09 bits per heavy atom. The molecule has 1 aliphatic rings. The van der Waals surface area contributed by atoms with Crippen molar-refractivity contribution in [3.8, 4) is 0 Å². The van der Waals surface area contributed by atoms with Gasteiger partial charge in [0.1, 0.15) is 5.76 Å². The second-order valence-electron chi connectivity index (χ2n) is 5.26. The van der Waals surface area contributed by atoms with Gasteiger partial charge in [-0.15, -0.1) is 5.10 Å². The first-order valence-corrected chi connectivity index (χ1v) is 8.05. The lowest BCUT2D eigenvalue weighted by Gasteiger charge is -2.40. The first kappa shape index (κ1) is 15.1. The molecule has 1 atom stereocenters. The highest BCUT2D eigenvalue weighted by Gasteiger charge is 2.30. The van der Waals surface area contributed by atoms with Gasteiger partial charge in [-0.1, -0.05) is 4.49 Å². The van der Waals surface area contributed by atoms with Crippen LogP contribution >= 0.6 is 11.5 Å². The van der Waals surface area contributed by atoms with Gasteiger partial charge in [-0.3, -0.25) is 9.69 Å². The highest BCUT2D eigenvalue weighted by Crippen LogP contribution is 2.18. The number of rotatable bonds is 5. The summed E-state index contributed by atoms with van der Waals surface area (Å²) in [6.45, 7) is 2.75. The Balaban J connectivity index is 1.66. The standard InChI is InChI=1S/C14H18N4O3S/c19-6-3-11-8-18(14(20)13-10-22-16-15-13)5-4-17(11)9-12-2-1-7-21-12/h1-2,7,10-11,19H,3-6,8-9H2. The minimum Gasteiger partial charge on any atom is -0.468 e. The van der Waals surface area contributed by atoms with Gasteiger partial charge in [-0.2, -0.15) is 0 Å². The number of nitrogens with zero attached hydrogens (tertiary/aromatic N) is 4. The monoisotopic (exact) mass is 322 g/mol. The minimum absolute atomic E-state index is 0.0886. The molecular formula is C14H18N4O3S. The summed E-state index contributed by atoms with van der Waals surface area (Å²) in [7, 11) is 0. The average molecular weight is 322 g/mol. The van der Waals surface area contributed by atoms with Gasteiger partial charge in [0.2, 0.25) is 0 Å². The van der Waals surface area contributed by atoms with Crippen molar-refractivity contribution >= 4 is 17.4 Å². The van der Waals surface area contributed by atoms with Crippen LogP contribution in [-0.4, -0.2) is 62.7 Å². The quantitative estimate of drug-likeness (QED) is 0.878. The molecule has 1 amide bonds. The van der Waals surface area contributed by atoms with E-state index in [1.807, 2.05) is 12.1 Å². The first-order valence-electron chi connectivity index (χ1n) is 7.21. The van der Waals surface area contributed by atoms with E-state index in [-0.39, 0.29) is 18.6 Å². The zero-order valence-electron chi connectivity index (χ0n) is 12.1. The SMILES string of the molecule is O=C(c1csnn1)N1CCN(Cc2ccco2)C(CCO)C1. The van der Waals surface area contributed by atoms with Crippen molar-refractivity contribution in [2.45, 2.75) is 19.0 Å². The molecule has 0 aliphatic carbocycles.